The predicted molar refractivity (Wildman–Crippen MR) is 97.7 cm³/mol. The van der Waals surface area contributed by atoms with Gasteiger partial charge < -0.3 is 10.1 Å². The molecule has 0 unspecified atom stereocenters. The fraction of sp³-hybridized carbons (Fsp3) is 0.611. The molecule has 6 nitrogen and oxygen atoms in total. The summed E-state index contributed by atoms with van der Waals surface area (Å²) in [7, 11) is -3.74. The molecule has 2 saturated carbocycles. The van der Waals surface area contributed by atoms with Crippen LogP contribution in [0.4, 0.5) is 0 Å². The molecule has 1 aromatic rings. The Kier molecular flexibility index (Phi) is 4.98. The minimum absolute atomic E-state index is 0.0124. The van der Waals surface area contributed by atoms with Gasteiger partial charge in [-0.25, -0.2) is 8.42 Å². The molecule has 0 radical (unpaired) electrons. The molecule has 0 aromatic heterocycles. The van der Waals surface area contributed by atoms with E-state index in [0.717, 1.165) is 12.3 Å². The van der Waals surface area contributed by atoms with Crippen LogP contribution in [0, 0.1) is 11.8 Å². The molecule has 8 heteroatoms. The van der Waals surface area contributed by atoms with E-state index in [2.05, 4.69) is 5.32 Å². The first-order valence-corrected chi connectivity index (χ1v) is 11.0. The summed E-state index contributed by atoms with van der Waals surface area (Å²) in [5.74, 6) is 1.07. The molecule has 2 bridgehead atoms. The molecule has 0 spiro atoms. The Balaban J connectivity index is 1.54. The topological polar surface area (TPSA) is 75.7 Å². The number of fused-ring (bicyclic) bond motifs is 2. The van der Waals surface area contributed by atoms with Crippen LogP contribution in [0.25, 0.3) is 0 Å². The smallest absolute Gasteiger partial charge is 0.251 e. The first kappa shape index (κ1) is 18.2. The lowest BCUT2D eigenvalue weighted by Gasteiger charge is -2.26. The van der Waals surface area contributed by atoms with E-state index in [0.29, 0.717) is 37.8 Å². The third-order valence-electron chi connectivity index (χ3n) is 5.84. The van der Waals surface area contributed by atoms with Gasteiger partial charge in [0.1, 0.15) is 4.90 Å². The molecule has 4 rings (SSSR count). The molecule has 1 amide bonds. The fourth-order valence-electron chi connectivity index (χ4n) is 4.44. The van der Waals surface area contributed by atoms with Crippen molar-refractivity contribution in [3.05, 3.63) is 28.8 Å². The van der Waals surface area contributed by atoms with E-state index in [1.54, 1.807) is 6.07 Å². The number of benzene rings is 1. The molecule has 1 aromatic carbocycles. The SMILES string of the molecule is O=C(N[C@H]1C[C@H]2CC[C@@H]1C2)c1ccc(Cl)c(S(=O)(=O)N2CCOCC2)c1. The maximum atomic E-state index is 12.9. The van der Waals surface area contributed by atoms with Gasteiger partial charge in [0, 0.05) is 24.7 Å². The summed E-state index contributed by atoms with van der Waals surface area (Å²) in [5, 5.41) is 3.23. The van der Waals surface area contributed by atoms with E-state index in [1.807, 2.05) is 0 Å². The van der Waals surface area contributed by atoms with Gasteiger partial charge in [-0.3, -0.25) is 4.79 Å². The third-order valence-corrected chi connectivity index (χ3v) is 8.22. The van der Waals surface area contributed by atoms with Gasteiger partial charge in [0.05, 0.1) is 18.2 Å². The summed E-state index contributed by atoms with van der Waals surface area (Å²) in [6.45, 7) is 1.31. The number of halogens is 1. The zero-order chi connectivity index (χ0) is 18.3. The van der Waals surface area contributed by atoms with Crippen molar-refractivity contribution >= 4 is 27.5 Å². The summed E-state index contributed by atoms with van der Waals surface area (Å²) in [4.78, 5) is 12.6. The summed E-state index contributed by atoms with van der Waals surface area (Å²) in [6.07, 6.45) is 4.66. The van der Waals surface area contributed by atoms with Crippen molar-refractivity contribution in [3.63, 3.8) is 0 Å². The van der Waals surface area contributed by atoms with Crippen molar-refractivity contribution in [2.24, 2.45) is 11.8 Å². The number of sulfonamides is 1. The zero-order valence-electron chi connectivity index (χ0n) is 14.5. The van der Waals surface area contributed by atoms with Gasteiger partial charge in [0.15, 0.2) is 0 Å². The first-order valence-electron chi connectivity index (χ1n) is 9.13. The Morgan fingerprint density at radius 2 is 1.96 bits per heavy atom. The van der Waals surface area contributed by atoms with Crippen LogP contribution >= 0.6 is 11.6 Å². The second kappa shape index (κ2) is 7.11. The first-order chi connectivity index (χ1) is 12.4. The highest BCUT2D eigenvalue weighted by molar-refractivity contribution is 7.89. The number of hydrogen-bond acceptors (Lipinski definition) is 4. The molecule has 3 atom stereocenters. The molecule has 26 heavy (non-hydrogen) atoms. The molecule has 142 valence electrons. The Morgan fingerprint density at radius 1 is 1.19 bits per heavy atom. The van der Waals surface area contributed by atoms with Gasteiger partial charge in [0.25, 0.3) is 5.91 Å². The van der Waals surface area contributed by atoms with E-state index < -0.39 is 10.0 Å². The van der Waals surface area contributed by atoms with Crippen molar-refractivity contribution in [1.82, 2.24) is 9.62 Å². The van der Waals surface area contributed by atoms with Crippen LogP contribution < -0.4 is 5.32 Å². The zero-order valence-corrected chi connectivity index (χ0v) is 16.1. The lowest BCUT2D eigenvalue weighted by Crippen LogP contribution is -2.41. The molecule has 1 saturated heterocycles. The number of ether oxygens (including phenoxy) is 1. The van der Waals surface area contributed by atoms with Crippen molar-refractivity contribution in [2.45, 2.75) is 36.6 Å². The number of morpholine rings is 1. The number of amides is 1. The van der Waals surface area contributed by atoms with Crippen molar-refractivity contribution in [3.8, 4) is 0 Å². The minimum atomic E-state index is -3.74. The second-order valence-electron chi connectivity index (χ2n) is 7.42. The quantitative estimate of drug-likeness (QED) is 0.844. The number of hydrogen-bond donors (Lipinski definition) is 1. The number of rotatable bonds is 4. The Bertz CT molecular complexity index is 807. The van der Waals surface area contributed by atoms with E-state index in [4.69, 9.17) is 16.3 Å². The van der Waals surface area contributed by atoms with Gasteiger partial charge in [-0.05, 0) is 49.3 Å². The van der Waals surface area contributed by atoms with Crippen LogP contribution in [0.5, 0.6) is 0 Å². The van der Waals surface area contributed by atoms with Crippen molar-refractivity contribution in [2.75, 3.05) is 26.3 Å². The molecule has 3 aliphatic rings. The van der Waals surface area contributed by atoms with E-state index in [1.165, 1.54) is 35.7 Å². The minimum Gasteiger partial charge on any atom is -0.379 e. The second-order valence-corrected chi connectivity index (χ2v) is 9.73. The molecular formula is C18H23ClN2O4S. The number of carbonyl (C=O) groups is 1. The lowest BCUT2D eigenvalue weighted by molar-refractivity contribution is 0.0730. The summed E-state index contributed by atoms with van der Waals surface area (Å²) < 4.78 is 32.3. The summed E-state index contributed by atoms with van der Waals surface area (Å²) in [5.41, 5.74) is 0.337. The van der Waals surface area contributed by atoms with Crippen molar-refractivity contribution in [1.29, 1.82) is 0 Å². The van der Waals surface area contributed by atoms with Gasteiger partial charge in [0.2, 0.25) is 10.0 Å². The molecular weight excluding hydrogens is 376 g/mol. The number of nitrogens with zero attached hydrogens (tertiary/aromatic N) is 1. The van der Waals surface area contributed by atoms with E-state index in [-0.39, 0.29) is 21.9 Å². The highest BCUT2D eigenvalue weighted by Gasteiger charge is 2.40. The third kappa shape index (κ3) is 3.38. The maximum absolute atomic E-state index is 12.9. The van der Waals surface area contributed by atoms with Gasteiger partial charge in [-0.2, -0.15) is 4.31 Å². The van der Waals surface area contributed by atoms with E-state index in [9.17, 15) is 13.2 Å². The van der Waals surface area contributed by atoms with Crippen LogP contribution in [0.1, 0.15) is 36.0 Å². The van der Waals surface area contributed by atoms with Crippen LogP contribution in [-0.2, 0) is 14.8 Å². The summed E-state index contributed by atoms with van der Waals surface area (Å²) >= 11 is 6.16. The highest BCUT2D eigenvalue weighted by atomic mass is 35.5. The number of carbonyl (C=O) groups excluding carboxylic acids is 1. The lowest BCUT2D eigenvalue weighted by atomic mass is 9.95. The Hall–Kier alpha value is -1.15. The van der Waals surface area contributed by atoms with E-state index >= 15 is 0 Å². The summed E-state index contributed by atoms with van der Waals surface area (Å²) in [6, 6.07) is 4.68. The molecule has 1 heterocycles. The molecule has 1 aliphatic heterocycles. The maximum Gasteiger partial charge on any atom is 0.251 e. The average molecular weight is 399 g/mol. The average Bonchev–Trinajstić information content (AvgIpc) is 3.25. The monoisotopic (exact) mass is 398 g/mol. The molecule has 3 fully saturated rings. The molecule has 2 aliphatic carbocycles. The fourth-order valence-corrected chi connectivity index (χ4v) is 6.35. The van der Waals surface area contributed by atoms with Crippen LogP contribution in [0.2, 0.25) is 5.02 Å². The van der Waals surface area contributed by atoms with Crippen molar-refractivity contribution < 1.29 is 17.9 Å². The standard InChI is InChI=1S/C18H23ClN2O4S/c19-15-4-3-14(18(22)20-16-10-12-1-2-13(16)9-12)11-17(15)26(23,24)21-5-7-25-8-6-21/h3-4,11-13,16H,1-2,5-10H2,(H,20,22)/t12-,13+,16-/m0/s1. The highest BCUT2D eigenvalue weighted by Crippen LogP contribution is 2.44. The predicted octanol–water partition coefficient (Wildman–Crippen LogP) is 2.28. The van der Waals surface area contributed by atoms with Gasteiger partial charge in [-0.15, -0.1) is 0 Å². The Labute approximate surface area is 158 Å². The normalized spacial score (nSPS) is 29.0. The van der Waals surface area contributed by atoms with Crippen LogP contribution in [-0.4, -0.2) is 51.0 Å². The van der Waals surface area contributed by atoms with Gasteiger partial charge >= 0.3 is 0 Å². The van der Waals surface area contributed by atoms with Crippen LogP contribution in [0.15, 0.2) is 23.1 Å². The van der Waals surface area contributed by atoms with Gasteiger partial charge in [-0.1, -0.05) is 18.0 Å². The number of nitrogens with one attached hydrogen (secondary N) is 1. The largest absolute Gasteiger partial charge is 0.379 e. The molecule has 1 N–H and O–H groups in total. The van der Waals surface area contributed by atoms with Crippen LogP contribution in [0.3, 0.4) is 0 Å². The Morgan fingerprint density at radius 3 is 2.62 bits per heavy atom.